The van der Waals surface area contributed by atoms with Crippen molar-refractivity contribution < 1.29 is 4.79 Å². The fourth-order valence-electron chi connectivity index (χ4n) is 2.51. The second-order valence-corrected chi connectivity index (χ2v) is 5.75. The highest BCUT2D eigenvalue weighted by Crippen LogP contribution is 2.27. The van der Waals surface area contributed by atoms with Gasteiger partial charge >= 0.3 is 0 Å². The van der Waals surface area contributed by atoms with E-state index in [2.05, 4.69) is 27.6 Å². The van der Waals surface area contributed by atoms with Crippen LogP contribution in [0.5, 0.6) is 0 Å². The Hall–Kier alpha value is -1.40. The summed E-state index contributed by atoms with van der Waals surface area (Å²) in [7, 11) is 4.04. The van der Waals surface area contributed by atoms with Crippen molar-refractivity contribution in [1.82, 2.24) is 25.3 Å². The van der Waals surface area contributed by atoms with Gasteiger partial charge in [0.05, 0.1) is 0 Å². The number of nitrogens with zero attached hydrogens (tertiary/aromatic N) is 3. The van der Waals surface area contributed by atoms with Crippen LogP contribution in [-0.2, 0) is 10.3 Å². The molecule has 1 unspecified atom stereocenters. The second-order valence-electron chi connectivity index (χ2n) is 5.75. The standard InChI is InChI=1S/C14H25N5O/c1-12(18(2)3)11-16-13(20)14(5-8-15-9-6-14)19-10-4-7-17-19/h4,7,10,12,15H,5-6,8-9,11H2,1-3H3,(H,16,20). The Morgan fingerprint density at radius 3 is 2.75 bits per heavy atom. The lowest BCUT2D eigenvalue weighted by Crippen LogP contribution is -2.56. The maximum atomic E-state index is 12.7. The molecular formula is C14H25N5O. The minimum absolute atomic E-state index is 0.0800. The molecule has 1 amide bonds. The zero-order valence-electron chi connectivity index (χ0n) is 12.6. The van der Waals surface area contributed by atoms with E-state index < -0.39 is 5.54 Å². The van der Waals surface area contributed by atoms with Crippen molar-refractivity contribution in [2.24, 2.45) is 0 Å². The van der Waals surface area contributed by atoms with Gasteiger partial charge in [-0.15, -0.1) is 0 Å². The quantitative estimate of drug-likeness (QED) is 0.798. The molecule has 0 radical (unpaired) electrons. The number of nitrogens with one attached hydrogen (secondary N) is 2. The number of amides is 1. The van der Waals surface area contributed by atoms with Crippen LogP contribution >= 0.6 is 0 Å². The van der Waals surface area contributed by atoms with Gasteiger partial charge in [0.2, 0.25) is 5.91 Å². The number of likely N-dealkylation sites (N-methyl/N-ethyl adjacent to an activating group) is 1. The highest BCUT2D eigenvalue weighted by Gasteiger charge is 2.41. The number of aromatic nitrogens is 2. The van der Waals surface area contributed by atoms with E-state index >= 15 is 0 Å². The molecule has 1 aromatic heterocycles. The van der Waals surface area contributed by atoms with Gasteiger partial charge in [-0.3, -0.25) is 9.48 Å². The van der Waals surface area contributed by atoms with Gasteiger partial charge in [-0.25, -0.2) is 0 Å². The van der Waals surface area contributed by atoms with Crippen LogP contribution in [0.15, 0.2) is 18.5 Å². The molecule has 2 heterocycles. The molecule has 6 nitrogen and oxygen atoms in total. The first-order chi connectivity index (χ1) is 9.56. The third-order valence-corrected chi connectivity index (χ3v) is 4.24. The Morgan fingerprint density at radius 1 is 1.50 bits per heavy atom. The molecule has 1 aliphatic rings. The van der Waals surface area contributed by atoms with Crippen molar-refractivity contribution in [3.05, 3.63) is 18.5 Å². The Kier molecular flexibility index (Phi) is 4.77. The zero-order valence-corrected chi connectivity index (χ0v) is 12.6. The van der Waals surface area contributed by atoms with Crippen LogP contribution in [0.2, 0.25) is 0 Å². The summed E-state index contributed by atoms with van der Waals surface area (Å²) in [5.41, 5.74) is -0.541. The van der Waals surface area contributed by atoms with Gasteiger partial charge in [-0.05, 0) is 53.0 Å². The Bertz CT molecular complexity index is 423. The van der Waals surface area contributed by atoms with E-state index in [1.807, 2.05) is 31.0 Å². The van der Waals surface area contributed by atoms with E-state index in [1.165, 1.54) is 0 Å². The van der Waals surface area contributed by atoms with Gasteiger partial charge in [0.25, 0.3) is 0 Å². The largest absolute Gasteiger partial charge is 0.352 e. The number of carbonyl (C=O) groups is 1. The van der Waals surface area contributed by atoms with Gasteiger partial charge in [-0.2, -0.15) is 5.10 Å². The lowest BCUT2D eigenvalue weighted by atomic mass is 9.87. The van der Waals surface area contributed by atoms with Gasteiger partial charge in [0.1, 0.15) is 5.54 Å². The van der Waals surface area contributed by atoms with E-state index in [1.54, 1.807) is 6.20 Å². The molecule has 0 spiro atoms. The molecule has 1 fully saturated rings. The fraction of sp³-hybridized carbons (Fsp3) is 0.714. The van der Waals surface area contributed by atoms with Crippen molar-refractivity contribution in [3.8, 4) is 0 Å². The van der Waals surface area contributed by atoms with Crippen LogP contribution in [0.4, 0.5) is 0 Å². The van der Waals surface area contributed by atoms with Gasteiger partial charge in [-0.1, -0.05) is 0 Å². The first-order valence-electron chi connectivity index (χ1n) is 7.22. The van der Waals surface area contributed by atoms with E-state index in [0.717, 1.165) is 25.9 Å². The smallest absolute Gasteiger partial charge is 0.248 e. The van der Waals surface area contributed by atoms with E-state index in [9.17, 15) is 4.79 Å². The summed E-state index contributed by atoms with van der Waals surface area (Å²) in [5, 5.41) is 10.7. The van der Waals surface area contributed by atoms with E-state index in [0.29, 0.717) is 12.6 Å². The lowest BCUT2D eigenvalue weighted by Gasteiger charge is -2.37. The minimum Gasteiger partial charge on any atom is -0.352 e. The first-order valence-corrected chi connectivity index (χ1v) is 7.22. The molecule has 112 valence electrons. The number of hydrogen-bond donors (Lipinski definition) is 2. The molecular weight excluding hydrogens is 254 g/mol. The molecule has 0 saturated carbocycles. The summed E-state index contributed by atoms with van der Waals surface area (Å²) in [5.74, 6) is 0.0800. The molecule has 0 aromatic carbocycles. The van der Waals surface area contributed by atoms with Gasteiger partial charge in [0, 0.05) is 25.0 Å². The summed E-state index contributed by atoms with van der Waals surface area (Å²) in [4.78, 5) is 14.8. The molecule has 0 bridgehead atoms. The summed E-state index contributed by atoms with van der Waals surface area (Å²) in [6.07, 6.45) is 5.17. The maximum Gasteiger partial charge on any atom is 0.248 e. The van der Waals surface area contributed by atoms with Crippen molar-refractivity contribution in [1.29, 1.82) is 0 Å². The first kappa shape index (κ1) is 15.0. The molecule has 20 heavy (non-hydrogen) atoms. The third kappa shape index (κ3) is 3.02. The second kappa shape index (κ2) is 6.37. The Labute approximate surface area is 120 Å². The molecule has 2 N–H and O–H groups in total. The molecule has 1 atom stereocenters. The number of carbonyl (C=O) groups excluding carboxylic acids is 1. The minimum atomic E-state index is -0.541. The van der Waals surface area contributed by atoms with Crippen LogP contribution in [0.25, 0.3) is 0 Å². The zero-order chi connectivity index (χ0) is 14.6. The van der Waals surface area contributed by atoms with Crippen molar-refractivity contribution in [2.45, 2.75) is 31.3 Å². The summed E-state index contributed by atoms with van der Waals surface area (Å²) in [6, 6.07) is 2.19. The molecule has 1 aliphatic heterocycles. The van der Waals surface area contributed by atoms with Crippen molar-refractivity contribution in [3.63, 3.8) is 0 Å². The lowest BCUT2D eigenvalue weighted by molar-refractivity contribution is -0.132. The van der Waals surface area contributed by atoms with E-state index in [-0.39, 0.29) is 5.91 Å². The SMILES string of the molecule is CC(CNC(=O)C1(n2cccn2)CCNCC1)N(C)C. The maximum absolute atomic E-state index is 12.7. The van der Waals surface area contributed by atoms with Crippen LogP contribution < -0.4 is 10.6 Å². The number of hydrogen-bond acceptors (Lipinski definition) is 4. The molecule has 0 aliphatic carbocycles. The van der Waals surface area contributed by atoms with Crippen LogP contribution in [-0.4, -0.2) is 60.4 Å². The predicted molar refractivity (Wildman–Crippen MR) is 78.5 cm³/mol. The van der Waals surface area contributed by atoms with E-state index in [4.69, 9.17) is 0 Å². The topological polar surface area (TPSA) is 62.2 Å². The van der Waals surface area contributed by atoms with Gasteiger partial charge < -0.3 is 15.5 Å². The summed E-state index contributed by atoms with van der Waals surface area (Å²) < 4.78 is 1.82. The predicted octanol–water partition coefficient (Wildman–Crippen LogP) is 0.0281. The summed E-state index contributed by atoms with van der Waals surface area (Å²) >= 11 is 0. The average molecular weight is 279 g/mol. The highest BCUT2D eigenvalue weighted by atomic mass is 16.2. The summed E-state index contributed by atoms with van der Waals surface area (Å²) in [6.45, 7) is 4.44. The highest BCUT2D eigenvalue weighted by molar-refractivity contribution is 5.84. The monoisotopic (exact) mass is 279 g/mol. The Morgan fingerprint density at radius 2 is 2.20 bits per heavy atom. The van der Waals surface area contributed by atoms with Crippen LogP contribution in [0, 0.1) is 0 Å². The Balaban J connectivity index is 2.09. The average Bonchev–Trinajstić information content (AvgIpc) is 2.99. The fourth-order valence-corrected chi connectivity index (χ4v) is 2.51. The van der Waals surface area contributed by atoms with Crippen molar-refractivity contribution in [2.75, 3.05) is 33.7 Å². The van der Waals surface area contributed by atoms with Gasteiger partial charge in [0.15, 0.2) is 0 Å². The molecule has 1 saturated heterocycles. The van der Waals surface area contributed by atoms with Crippen LogP contribution in [0.1, 0.15) is 19.8 Å². The molecule has 6 heteroatoms. The third-order valence-electron chi connectivity index (χ3n) is 4.24. The van der Waals surface area contributed by atoms with Crippen LogP contribution in [0.3, 0.4) is 0 Å². The normalized spacial score (nSPS) is 19.8. The molecule has 2 rings (SSSR count). The number of rotatable bonds is 5. The van der Waals surface area contributed by atoms with Crippen molar-refractivity contribution >= 4 is 5.91 Å². The number of piperidine rings is 1. The molecule has 1 aromatic rings.